The quantitative estimate of drug-likeness (QED) is 0.780. The molecule has 1 heterocycles. The molecule has 0 aliphatic carbocycles. The molecule has 22 heavy (non-hydrogen) atoms. The predicted molar refractivity (Wildman–Crippen MR) is 80.2 cm³/mol. The number of nitrogens with one attached hydrogen (secondary N) is 1. The number of carbonyl (C=O) groups excluding carboxylic acids is 1. The van der Waals surface area contributed by atoms with E-state index in [9.17, 15) is 21.6 Å². The summed E-state index contributed by atoms with van der Waals surface area (Å²) in [6.07, 6.45) is 0.222. The number of hydrogen-bond donors (Lipinski definition) is 1. The Bertz CT molecular complexity index is 803. The summed E-state index contributed by atoms with van der Waals surface area (Å²) in [6, 6.07) is 2.97. The van der Waals surface area contributed by atoms with Crippen molar-refractivity contribution in [3.63, 3.8) is 0 Å². The molecule has 122 valence electrons. The molecule has 0 amide bonds. The molecule has 1 atom stereocenters. The first-order valence-corrected chi connectivity index (χ1v) is 9.93. The van der Waals surface area contributed by atoms with Crippen molar-refractivity contribution in [2.75, 3.05) is 18.6 Å². The fraction of sp³-hybridized carbons (Fsp3) is 0.417. The van der Waals surface area contributed by atoms with Crippen LogP contribution in [0, 0.1) is 0 Å². The maximum atomic E-state index is 12.3. The second-order valence-electron chi connectivity index (χ2n) is 4.86. The van der Waals surface area contributed by atoms with Gasteiger partial charge in [0.25, 0.3) is 0 Å². The summed E-state index contributed by atoms with van der Waals surface area (Å²) in [5.74, 6) is -0.917. The average Bonchev–Trinajstić information content (AvgIpc) is 2.75. The molecule has 1 aromatic rings. The van der Waals surface area contributed by atoms with Crippen LogP contribution >= 0.6 is 11.6 Å². The van der Waals surface area contributed by atoms with Crippen molar-refractivity contribution in [2.24, 2.45) is 0 Å². The minimum atomic E-state index is -3.97. The van der Waals surface area contributed by atoms with Gasteiger partial charge in [0.2, 0.25) is 10.0 Å². The SMILES string of the molecule is COC(=O)c1ccc(S(=O)(=O)N[C@@H]2CCS(=O)(=O)C2)c(Cl)c1. The van der Waals surface area contributed by atoms with E-state index in [0.717, 1.165) is 0 Å². The molecule has 1 fully saturated rings. The zero-order valence-corrected chi connectivity index (χ0v) is 14.0. The highest BCUT2D eigenvalue weighted by molar-refractivity contribution is 7.92. The molecule has 0 aromatic heterocycles. The molecular weight excluding hydrogens is 354 g/mol. The highest BCUT2D eigenvalue weighted by atomic mass is 35.5. The largest absolute Gasteiger partial charge is 0.465 e. The first kappa shape index (κ1) is 17.2. The molecule has 0 saturated carbocycles. The van der Waals surface area contributed by atoms with Crippen molar-refractivity contribution in [2.45, 2.75) is 17.4 Å². The standard InChI is InChI=1S/C12H14ClNO6S2/c1-20-12(15)8-2-3-11(10(13)6-8)22(18,19)14-9-4-5-21(16,17)7-9/h2-3,6,9,14H,4-5,7H2,1H3/t9-/m1/s1. The number of hydrogen-bond acceptors (Lipinski definition) is 6. The first-order valence-electron chi connectivity index (χ1n) is 6.25. The van der Waals surface area contributed by atoms with Gasteiger partial charge in [0, 0.05) is 6.04 Å². The highest BCUT2D eigenvalue weighted by Crippen LogP contribution is 2.24. The fourth-order valence-electron chi connectivity index (χ4n) is 2.13. The van der Waals surface area contributed by atoms with Gasteiger partial charge in [0.05, 0.1) is 29.2 Å². The number of halogens is 1. The minimum absolute atomic E-state index is 0.0464. The van der Waals surface area contributed by atoms with Crippen molar-refractivity contribution in [1.29, 1.82) is 0 Å². The zero-order chi connectivity index (χ0) is 16.5. The molecular formula is C12H14ClNO6S2. The number of rotatable bonds is 4. The summed E-state index contributed by atoms with van der Waals surface area (Å²) in [4.78, 5) is 11.1. The topological polar surface area (TPSA) is 107 Å². The Hall–Kier alpha value is -1.16. The molecule has 1 saturated heterocycles. The Morgan fingerprint density at radius 3 is 2.59 bits per heavy atom. The van der Waals surface area contributed by atoms with Gasteiger partial charge in [-0.15, -0.1) is 0 Å². The van der Waals surface area contributed by atoms with Crippen molar-refractivity contribution in [1.82, 2.24) is 4.72 Å². The lowest BCUT2D eigenvalue weighted by atomic mass is 10.2. The lowest BCUT2D eigenvalue weighted by Gasteiger charge is -2.13. The van der Waals surface area contributed by atoms with Gasteiger partial charge >= 0.3 is 5.97 Å². The second kappa shape index (κ2) is 6.15. The Balaban J connectivity index is 2.25. The molecule has 1 aliphatic heterocycles. The van der Waals surface area contributed by atoms with Crippen LogP contribution in [-0.2, 0) is 24.6 Å². The summed E-state index contributed by atoms with van der Waals surface area (Å²) < 4.78 is 54.1. The van der Waals surface area contributed by atoms with Crippen LogP contribution in [0.5, 0.6) is 0 Å². The molecule has 0 unspecified atom stereocenters. The maximum absolute atomic E-state index is 12.3. The summed E-state index contributed by atoms with van der Waals surface area (Å²) in [5.41, 5.74) is 0.120. The second-order valence-corrected chi connectivity index (χ2v) is 9.18. The molecule has 2 rings (SSSR count). The third-order valence-corrected chi connectivity index (χ3v) is 6.97. The van der Waals surface area contributed by atoms with Crippen LogP contribution in [0.3, 0.4) is 0 Å². The van der Waals surface area contributed by atoms with Gasteiger partial charge in [0.15, 0.2) is 9.84 Å². The van der Waals surface area contributed by atoms with Gasteiger partial charge < -0.3 is 4.74 Å². The number of ether oxygens (including phenoxy) is 1. The molecule has 0 bridgehead atoms. The zero-order valence-electron chi connectivity index (χ0n) is 11.6. The van der Waals surface area contributed by atoms with E-state index in [-0.39, 0.29) is 33.4 Å². The van der Waals surface area contributed by atoms with Crippen LogP contribution < -0.4 is 4.72 Å². The highest BCUT2D eigenvalue weighted by Gasteiger charge is 2.32. The van der Waals surface area contributed by atoms with Gasteiger partial charge in [-0.3, -0.25) is 0 Å². The van der Waals surface area contributed by atoms with E-state index in [1.54, 1.807) is 0 Å². The number of sulfonamides is 1. The van der Waals surface area contributed by atoms with Gasteiger partial charge in [-0.2, -0.15) is 0 Å². The number of esters is 1. The summed E-state index contributed by atoms with van der Waals surface area (Å²) in [6.45, 7) is 0. The van der Waals surface area contributed by atoms with E-state index in [0.29, 0.717) is 0 Å². The van der Waals surface area contributed by atoms with E-state index >= 15 is 0 Å². The first-order chi connectivity index (χ1) is 10.1. The Kier molecular flexibility index (Phi) is 4.81. The normalized spacial score (nSPS) is 20.7. The molecule has 1 N–H and O–H groups in total. The number of methoxy groups -OCH3 is 1. The average molecular weight is 368 g/mol. The maximum Gasteiger partial charge on any atom is 0.337 e. The lowest BCUT2D eigenvalue weighted by molar-refractivity contribution is 0.0600. The van der Waals surface area contributed by atoms with Gasteiger partial charge in [-0.05, 0) is 24.6 Å². The van der Waals surface area contributed by atoms with E-state index < -0.39 is 31.9 Å². The van der Waals surface area contributed by atoms with Crippen molar-refractivity contribution in [3.05, 3.63) is 28.8 Å². The van der Waals surface area contributed by atoms with Crippen LogP contribution in [0.25, 0.3) is 0 Å². The monoisotopic (exact) mass is 367 g/mol. The summed E-state index contributed by atoms with van der Waals surface area (Å²) in [7, 11) is -5.98. The van der Waals surface area contributed by atoms with Crippen molar-refractivity contribution >= 4 is 37.4 Å². The number of carbonyl (C=O) groups is 1. The van der Waals surface area contributed by atoms with Crippen LogP contribution in [0.15, 0.2) is 23.1 Å². The third-order valence-electron chi connectivity index (χ3n) is 3.20. The van der Waals surface area contributed by atoms with Crippen molar-refractivity contribution in [3.8, 4) is 0 Å². The van der Waals surface area contributed by atoms with E-state index in [1.807, 2.05) is 0 Å². The predicted octanol–water partition coefficient (Wildman–Crippen LogP) is 0.592. The number of sulfone groups is 1. The van der Waals surface area contributed by atoms with E-state index in [1.165, 1.54) is 25.3 Å². The van der Waals surface area contributed by atoms with E-state index in [2.05, 4.69) is 9.46 Å². The van der Waals surface area contributed by atoms with Gasteiger partial charge in [-0.1, -0.05) is 11.6 Å². The molecule has 10 heteroatoms. The molecule has 7 nitrogen and oxygen atoms in total. The summed E-state index contributed by atoms with van der Waals surface area (Å²) >= 11 is 5.91. The van der Waals surface area contributed by atoms with Crippen LogP contribution in [0.1, 0.15) is 16.8 Å². The van der Waals surface area contributed by atoms with Crippen LogP contribution in [-0.4, -0.2) is 47.5 Å². The third kappa shape index (κ3) is 3.78. The smallest absolute Gasteiger partial charge is 0.337 e. The Labute approximate surface area is 133 Å². The van der Waals surface area contributed by atoms with Gasteiger partial charge in [0.1, 0.15) is 4.90 Å². The Morgan fingerprint density at radius 2 is 2.09 bits per heavy atom. The fourth-order valence-corrected chi connectivity index (χ4v) is 5.73. The molecule has 0 spiro atoms. The van der Waals surface area contributed by atoms with Crippen molar-refractivity contribution < 1.29 is 26.4 Å². The molecule has 1 aliphatic rings. The molecule has 0 radical (unpaired) electrons. The summed E-state index contributed by atoms with van der Waals surface area (Å²) in [5, 5.41) is -0.142. The van der Waals surface area contributed by atoms with Gasteiger partial charge in [-0.25, -0.2) is 26.4 Å². The lowest BCUT2D eigenvalue weighted by Crippen LogP contribution is -2.35. The van der Waals surface area contributed by atoms with Crippen LogP contribution in [0.4, 0.5) is 0 Å². The minimum Gasteiger partial charge on any atom is -0.465 e. The Morgan fingerprint density at radius 1 is 1.41 bits per heavy atom. The number of benzene rings is 1. The molecule has 1 aromatic carbocycles. The van der Waals surface area contributed by atoms with Crippen LogP contribution in [0.2, 0.25) is 5.02 Å². The van der Waals surface area contributed by atoms with E-state index in [4.69, 9.17) is 11.6 Å².